The molecule has 0 radical (unpaired) electrons. The molecule has 0 aromatic heterocycles. The molecule has 14 heavy (non-hydrogen) atoms. The van der Waals surface area contributed by atoms with Gasteiger partial charge in [-0.3, -0.25) is 9.59 Å². The number of aliphatic carboxylic acids is 1. The molecule has 0 aliphatic carbocycles. The van der Waals surface area contributed by atoms with Crippen LogP contribution in [0.4, 0.5) is 0 Å². The Hall–Kier alpha value is -0.710. The lowest BCUT2D eigenvalue weighted by atomic mass is 9.97. The number of nitrogens with one attached hydrogen (secondary N) is 1. The number of thioether (sulfide) groups is 1. The monoisotopic (exact) mass is 219 g/mol. The maximum absolute atomic E-state index is 11.1. The van der Waals surface area contributed by atoms with E-state index in [1.54, 1.807) is 0 Å². The van der Waals surface area contributed by atoms with Gasteiger partial charge in [-0.15, -0.1) is 11.8 Å². The first-order chi connectivity index (χ1) is 6.31. The fourth-order valence-electron chi connectivity index (χ4n) is 0.646. The molecule has 0 aromatic carbocycles. The van der Waals surface area contributed by atoms with Gasteiger partial charge in [-0.05, 0) is 5.41 Å². The molecule has 0 saturated heterocycles. The minimum atomic E-state index is -0.890. The van der Waals surface area contributed by atoms with E-state index in [-0.39, 0.29) is 22.8 Å². The van der Waals surface area contributed by atoms with Gasteiger partial charge in [0.15, 0.2) is 0 Å². The summed E-state index contributed by atoms with van der Waals surface area (Å²) in [7, 11) is 0. The van der Waals surface area contributed by atoms with E-state index in [9.17, 15) is 9.59 Å². The number of rotatable bonds is 5. The van der Waals surface area contributed by atoms with Gasteiger partial charge in [-0.2, -0.15) is 0 Å². The van der Waals surface area contributed by atoms with Crippen LogP contribution in [0.5, 0.6) is 0 Å². The number of carbonyl (C=O) groups is 2. The van der Waals surface area contributed by atoms with Crippen LogP contribution in [-0.2, 0) is 9.59 Å². The molecule has 0 aliphatic rings. The van der Waals surface area contributed by atoms with E-state index in [1.807, 2.05) is 20.8 Å². The molecule has 0 bridgehead atoms. The second kappa shape index (κ2) is 5.90. The standard InChI is InChI=1S/C9H17NO3S/c1-9(2,3)6-10-7(11)4-14-5-8(12)13/h4-6H2,1-3H3,(H,10,11)(H,12,13). The molecule has 2 N–H and O–H groups in total. The molecule has 0 unspecified atom stereocenters. The van der Waals surface area contributed by atoms with Gasteiger partial charge in [0.1, 0.15) is 0 Å². The Kier molecular flexibility index (Phi) is 5.60. The maximum Gasteiger partial charge on any atom is 0.313 e. The largest absolute Gasteiger partial charge is 0.481 e. The summed E-state index contributed by atoms with van der Waals surface area (Å²) in [6.07, 6.45) is 0. The van der Waals surface area contributed by atoms with Crippen molar-refractivity contribution in [1.29, 1.82) is 0 Å². The molecule has 0 rings (SSSR count). The zero-order valence-corrected chi connectivity index (χ0v) is 9.61. The number of carboxylic acid groups (broad SMARTS) is 1. The van der Waals surface area contributed by atoms with Crippen molar-refractivity contribution >= 4 is 23.6 Å². The van der Waals surface area contributed by atoms with E-state index in [1.165, 1.54) is 0 Å². The summed E-state index contributed by atoms with van der Waals surface area (Å²) in [6.45, 7) is 6.69. The van der Waals surface area contributed by atoms with Gasteiger partial charge in [0.2, 0.25) is 5.91 Å². The molecular formula is C9H17NO3S. The molecule has 1 amide bonds. The molecule has 0 saturated carbocycles. The van der Waals surface area contributed by atoms with Gasteiger partial charge in [-0.1, -0.05) is 20.8 Å². The average molecular weight is 219 g/mol. The van der Waals surface area contributed by atoms with Crippen LogP contribution < -0.4 is 5.32 Å². The van der Waals surface area contributed by atoms with Gasteiger partial charge < -0.3 is 10.4 Å². The Morgan fingerprint density at radius 3 is 2.29 bits per heavy atom. The maximum atomic E-state index is 11.1. The number of carboxylic acids is 1. The summed E-state index contributed by atoms with van der Waals surface area (Å²) in [6, 6.07) is 0. The van der Waals surface area contributed by atoms with Gasteiger partial charge in [-0.25, -0.2) is 0 Å². The summed E-state index contributed by atoms with van der Waals surface area (Å²) in [5, 5.41) is 11.1. The first-order valence-electron chi connectivity index (χ1n) is 4.37. The SMILES string of the molecule is CC(C)(C)CNC(=O)CSCC(=O)O. The molecule has 4 nitrogen and oxygen atoms in total. The summed E-state index contributed by atoms with van der Waals surface area (Å²) in [4.78, 5) is 21.3. The second-order valence-corrected chi connectivity index (χ2v) is 5.21. The predicted octanol–water partition coefficient (Wildman–Crippen LogP) is 0.967. The highest BCUT2D eigenvalue weighted by Gasteiger charge is 2.11. The van der Waals surface area contributed by atoms with Gasteiger partial charge in [0.05, 0.1) is 11.5 Å². The predicted molar refractivity (Wildman–Crippen MR) is 57.4 cm³/mol. The quantitative estimate of drug-likeness (QED) is 0.723. The van der Waals surface area contributed by atoms with Crippen LogP contribution in [0.3, 0.4) is 0 Å². The lowest BCUT2D eigenvalue weighted by Crippen LogP contribution is -2.33. The molecular weight excluding hydrogens is 202 g/mol. The Balaban J connectivity index is 3.52. The normalized spacial score (nSPS) is 11.1. The first kappa shape index (κ1) is 13.3. The zero-order valence-electron chi connectivity index (χ0n) is 8.79. The molecule has 0 aromatic rings. The summed E-state index contributed by atoms with van der Waals surface area (Å²) in [5.41, 5.74) is 0.0626. The lowest BCUT2D eigenvalue weighted by molar-refractivity contribution is -0.133. The van der Waals surface area contributed by atoms with Crippen molar-refractivity contribution in [2.24, 2.45) is 5.41 Å². The molecule has 5 heteroatoms. The lowest BCUT2D eigenvalue weighted by Gasteiger charge is -2.18. The van der Waals surface area contributed by atoms with Crippen LogP contribution in [0.1, 0.15) is 20.8 Å². The topological polar surface area (TPSA) is 66.4 Å². The first-order valence-corrected chi connectivity index (χ1v) is 5.53. The Bertz CT molecular complexity index is 211. The van der Waals surface area contributed by atoms with Crippen LogP contribution in [0.25, 0.3) is 0 Å². The highest BCUT2D eigenvalue weighted by molar-refractivity contribution is 8.00. The van der Waals surface area contributed by atoms with E-state index in [0.29, 0.717) is 6.54 Å². The molecule has 82 valence electrons. The third-order valence-electron chi connectivity index (χ3n) is 1.27. The fraction of sp³-hybridized carbons (Fsp3) is 0.778. The summed E-state index contributed by atoms with van der Waals surface area (Å²) in [5.74, 6) is -0.810. The summed E-state index contributed by atoms with van der Waals surface area (Å²) >= 11 is 1.11. The molecule has 0 spiro atoms. The number of carbonyl (C=O) groups excluding carboxylic acids is 1. The Labute approximate surface area is 88.4 Å². The van der Waals surface area contributed by atoms with Crippen molar-refractivity contribution in [2.45, 2.75) is 20.8 Å². The average Bonchev–Trinajstić information content (AvgIpc) is 1.99. The van der Waals surface area contributed by atoms with Crippen LogP contribution in [0.2, 0.25) is 0 Å². The van der Waals surface area contributed by atoms with E-state index in [4.69, 9.17) is 5.11 Å². The Morgan fingerprint density at radius 2 is 1.86 bits per heavy atom. The van der Waals surface area contributed by atoms with Crippen molar-refractivity contribution in [3.63, 3.8) is 0 Å². The van der Waals surface area contributed by atoms with Crippen LogP contribution >= 0.6 is 11.8 Å². The van der Waals surface area contributed by atoms with Crippen molar-refractivity contribution in [3.8, 4) is 0 Å². The Morgan fingerprint density at radius 1 is 1.29 bits per heavy atom. The van der Waals surface area contributed by atoms with E-state index in [2.05, 4.69) is 5.32 Å². The minimum Gasteiger partial charge on any atom is -0.481 e. The van der Waals surface area contributed by atoms with E-state index >= 15 is 0 Å². The van der Waals surface area contributed by atoms with Gasteiger partial charge in [0.25, 0.3) is 0 Å². The third kappa shape index (κ3) is 9.38. The minimum absolute atomic E-state index is 0.0249. The number of amides is 1. The molecule has 0 aliphatic heterocycles. The molecule has 0 heterocycles. The highest BCUT2D eigenvalue weighted by Crippen LogP contribution is 2.10. The summed E-state index contributed by atoms with van der Waals surface area (Å²) < 4.78 is 0. The highest BCUT2D eigenvalue weighted by atomic mass is 32.2. The molecule has 0 fully saturated rings. The van der Waals surface area contributed by atoms with Gasteiger partial charge in [0, 0.05) is 6.54 Å². The smallest absolute Gasteiger partial charge is 0.313 e. The van der Waals surface area contributed by atoms with Crippen LogP contribution in [0.15, 0.2) is 0 Å². The third-order valence-corrected chi connectivity index (χ3v) is 2.19. The zero-order chi connectivity index (χ0) is 11.2. The van der Waals surface area contributed by atoms with Crippen molar-refractivity contribution < 1.29 is 14.7 Å². The van der Waals surface area contributed by atoms with Crippen molar-refractivity contribution in [2.75, 3.05) is 18.1 Å². The van der Waals surface area contributed by atoms with Crippen LogP contribution in [0, 0.1) is 5.41 Å². The van der Waals surface area contributed by atoms with Crippen LogP contribution in [-0.4, -0.2) is 35.0 Å². The van der Waals surface area contributed by atoms with Crippen molar-refractivity contribution in [1.82, 2.24) is 5.32 Å². The fourth-order valence-corrected chi connectivity index (χ4v) is 1.21. The second-order valence-electron chi connectivity index (χ2n) is 4.22. The van der Waals surface area contributed by atoms with Gasteiger partial charge >= 0.3 is 5.97 Å². The number of hydrogen-bond acceptors (Lipinski definition) is 3. The molecule has 0 atom stereocenters. The van der Waals surface area contributed by atoms with E-state index in [0.717, 1.165) is 11.8 Å². The number of hydrogen-bond donors (Lipinski definition) is 2. The van der Waals surface area contributed by atoms with Crippen molar-refractivity contribution in [3.05, 3.63) is 0 Å². The van der Waals surface area contributed by atoms with E-state index < -0.39 is 5.97 Å².